The molecule has 1 aromatic rings. The number of nitrogens with zero attached hydrogens (tertiary/aromatic N) is 1. The van der Waals surface area contributed by atoms with E-state index in [1.807, 2.05) is 0 Å². The Bertz CT molecular complexity index is 722. The normalized spacial score (nSPS) is 32.8. The van der Waals surface area contributed by atoms with E-state index in [9.17, 15) is 24.8 Å². The van der Waals surface area contributed by atoms with E-state index in [1.54, 1.807) is 0 Å². The SMILES string of the molecule is O=C(N[C@@H](C(=O)[O-])C12CC3CC(CC(C3)C1)C2)c1ccc([N+](=O)[O-])cc1. The minimum Gasteiger partial charge on any atom is -0.548 e. The first-order valence-corrected chi connectivity index (χ1v) is 9.12. The van der Waals surface area contributed by atoms with Crippen LogP contribution < -0.4 is 10.4 Å². The van der Waals surface area contributed by atoms with Crippen LogP contribution in [-0.2, 0) is 4.79 Å². The summed E-state index contributed by atoms with van der Waals surface area (Å²) in [7, 11) is 0. The quantitative estimate of drug-likeness (QED) is 0.636. The van der Waals surface area contributed by atoms with Gasteiger partial charge in [-0.05, 0) is 73.8 Å². The van der Waals surface area contributed by atoms with E-state index in [1.165, 1.54) is 43.5 Å². The van der Waals surface area contributed by atoms with E-state index in [0.717, 1.165) is 19.3 Å². The molecule has 4 saturated carbocycles. The first-order valence-electron chi connectivity index (χ1n) is 9.12. The Morgan fingerprint density at radius 2 is 1.54 bits per heavy atom. The van der Waals surface area contributed by atoms with Crippen LogP contribution in [0.5, 0.6) is 0 Å². The second-order valence-corrected chi connectivity index (χ2v) is 8.31. The standard InChI is InChI=1S/C19H22N2O5/c22-17(14-1-3-15(4-2-14)21(25)26)20-16(18(23)24)19-8-11-5-12(9-19)7-13(6-11)10-19/h1-4,11-13,16H,5-10H2,(H,20,22)(H,23,24)/p-1/t11?,12?,13?,16-,19?/m0/s1. The fourth-order valence-electron chi connectivity index (χ4n) is 5.94. The summed E-state index contributed by atoms with van der Waals surface area (Å²) >= 11 is 0. The molecule has 0 aliphatic heterocycles. The number of amides is 1. The Balaban J connectivity index is 1.55. The van der Waals surface area contributed by atoms with Gasteiger partial charge < -0.3 is 15.2 Å². The van der Waals surface area contributed by atoms with Crippen molar-refractivity contribution < 1.29 is 19.6 Å². The Hall–Kier alpha value is -2.44. The second kappa shape index (κ2) is 6.07. The molecule has 0 saturated heterocycles. The van der Waals surface area contributed by atoms with Crippen molar-refractivity contribution in [1.29, 1.82) is 0 Å². The fraction of sp³-hybridized carbons (Fsp3) is 0.579. The van der Waals surface area contributed by atoms with Gasteiger partial charge in [0.1, 0.15) is 0 Å². The van der Waals surface area contributed by atoms with E-state index in [-0.39, 0.29) is 11.3 Å². The Morgan fingerprint density at radius 1 is 1.04 bits per heavy atom. The molecule has 1 N–H and O–H groups in total. The summed E-state index contributed by atoms with van der Waals surface area (Å²) in [5.41, 5.74) is -0.310. The number of benzene rings is 1. The van der Waals surface area contributed by atoms with Crippen molar-refractivity contribution >= 4 is 17.6 Å². The van der Waals surface area contributed by atoms with Gasteiger partial charge in [0.2, 0.25) is 0 Å². The zero-order valence-corrected chi connectivity index (χ0v) is 14.3. The van der Waals surface area contributed by atoms with Crippen LogP contribution in [0, 0.1) is 33.3 Å². The van der Waals surface area contributed by atoms with Gasteiger partial charge in [0, 0.05) is 17.7 Å². The Morgan fingerprint density at radius 3 is 1.96 bits per heavy atom. The summed E-state index contributed by atoms with van der Waals surface area (Å²) in [4.78, 5) is 34.7. The molecule has 4 aliphatic rings. The highest BCUT2D eigenvalue weighted by Gasteiger charge is 2.54. The highest BCUT2D eigenvalue weighted by atomic mass is 16.6. The number of non-ortho nitro benzene ring substituents is 1. The summed E-state index contributed by atoms with van der Waals surface area (Å²) in [5.74, 6) is -0.0924. The minimum atomic E-state index is -1.23. The van der Waals surface area contributed by atoms with Gasteiger partial charge in [-0.2, -0.15) is 0 Å². The van der Waals surface area contributed by atoms with Gasteiger partial charge in [0.25, 0.3) is 11.6 Å². The van der Waals surface area contributed by atoms with Crippen molar-refractivity contribution in [3.8, 4) is 0 Å². The molecule has 7 heteroatoms. The lowest BCUT2D eigenvalue weighted by atomic mass is 9.47. The number of nitro benzene ring substituents is 1. The Kier molecular flexibility index (Phi) is 3.97. The van der Waals surface area contributed by atoms with Crippen LogP contribution in [0.15, 0.2) is 24.3 Å². The van der Waals surface area contributed by atoms with Gasteiger partial charge in [-0.15, -0.1) is 0 Å². The molecular weight excluding hydrogens is 336 g/mol. The molecule has 5 rings (SSSR count). The van der Waals surface area contributed by atoms with Crippen LogP contribution in [0.1, 0.15) is 48.9 Å². The first kappa shape index (κ1) is 17.0. The van der Waals surface area contributed by atoms with E-state index < -0.39 is 28.3 Å². The number of nitro groups is 1. The molecule has 1 amide bonds. The zero-order chi connectivity index (χ0) is 18.5. The molecule has 1 aromatic carbocycles. The predicted molar refractivity (Wildman–Crippen MR) is 90.0 cm³/mol. The van der Waals surface area contributed by atoms with Crippen molar-refractivity contribution in [3.05, 3.63) is 39.9 Å². The molecule has 4 bridgehead atoms. The molecule has 26 heavy (non-hydrogen) atoms. The zero-order valence-electron chi connectivity index (χ0n) is 14.3. The number of hydrogen-bond acceptors (Lipinski definition) is 5. The number of carbonyl (C=O) groups is 2. The maximum Gasteiger partial charge on any atom is 0.269 e. The molecule has 0 unspecified atom stereocenters. The summed E-state index contributed by atoms with van der Waals surface area (Å²) in [5, 5.41) is 25.3. The monoisotopic (exact) mass is 357 g/mol. The number of rotatable bonds is 5. The van der Waals surface area contributed by atoms with Crippen LogP contribution in [0.4, 0.5) is 5.69 Å². The average molecular weight is 357 g/mol. The third kappa shape index (κ3) is 2.85. The summed E-state index contributed by atoms with van der Waals surface area (Å²) in [6.07, 6.45) is 6.02. The number of nitrogens with one attached hydrogen (secondary N) is 1. The van der Waals surface area contributed by atoms with E-state index in [0.29, 0.717) is 17.8 Å². The average Bonchev–Trinajstić information content (AvgIpc) is 2.58. The van der Waals surface area contributed by atoms with Gasteiger partial charge in [-0.3, -0.25) is 14.9 Å². The van der Waals surface area contributed by atoms with Crippen LogP contribution in [0.25, 0.3) is 0 Å². The number of carboxylic acid groups (broad SMARTS) is 1. The molecular formula is C19H21N2O5-. The van der Waals surface area contributed by atoms with Crippen LogP contribution in [0.2, 0.25) is 0 Å². The lowest BCUT2D eigenvalue weighted by molar-refractivity contribution is -0.384. The number of carboxylic acids is 1. The van der Waals surface area contributed by atoms with E-state index in [4.69, 9.17) is 0 Å². The molecule has 0 spiro atoms. The molecule has 0 radical (unpaired) electrons. The fourth-order valence-corrected chi connectivity index (χ4v) is 5.94. The predicted octanol–water partition coefficient (Wildman–Crippen LogP) is 1.66. The van der Waals surface area contributed by atoms with E-state index in [2.05, 4.69) is 5.32 Å². The first-order chi connectivity index (χ1) is 12.4. The second-order valence-electron chi connectivity index (χ2n) is 8.31. The molecule has 1 atom stereocenters. The molecule has 4 aliphatic carbocycles. The van der Waals surface area contributed by atoms with Crippen molar-refractivity contribution in [2.75, 3.05) is 0 Å². The summed E-state index contributed by atoms with van der Waals surface area (Å²) < 4.78 is 0. The third-order valence-corrected chi connectivity index (χ3v) is 6.55. The van der Waals surface area contributed by atoms with Crippen molar-refractivity contribution in [2.24, 2.45) is 23.2 Å². The summed E-state index contributed by atoms with van der Waals surface area (Å²) in [6.45, 7) is 0. The molecule has 4 fully saturated rings. The van der Waals surface area contributed by atoms with Gasteiger partial charge in [-0.1, -0.05) is 0 Å². The van der Waals surface area contributed by atoms with Gasteiger partial charge in [-0.25, -0.2) is 0 Å². The van der Waals surface area contributed by atoms with Crippen LogP contribution >= 0.6 is 0 Å². The van der Waals surface area contributed by atoms with Crippen LogP contribution in [0.3, 0.4) is 0 Å². The third-order valence-electron chi connectivity index (χ3n) is 6.55. The molecule has 7 nitrogen and oxygen atoms in total. The Labute approximate surface area is 150 Å². The highest BCUT2D eigenvalue weighted by Crippen LogP contribution is 2.61. The summed E-state index contributed by atoms with van der Waals surface area (Å²) in [6, 6.07) is 4.17. The topological polar surface area (TPSA) is 112 Å². The van der Waals surface area contributed by atoms with E-state index >= 15 is 0 Å². The lowest BCUT2D eigenvalue weighted by Crippen LogP contribution is -2.62. The minimum absolute atomic E-state index is 0.112. The van der Waals surface area contributed by atoms with Crippen molar-refractivity contribution in [1.82, 2.24) is 5.32 Å². The van der Waals surface area contributed by atoms with Crippen LogP contribution in [-0.4, -0.2) is 22.8 Å². The number of carbonyl (C=O) groups excluding carboxylic acids is 2. The molecule has 0 heterocycles. The maximum absolute atomic E-state index is 12.6. The largest absolute Gasteiger partial charge is 0.548 e. The number of aliphatic carboxylic acids is 1. The molecule has 138 valence electrons. The van der Waals surface area contributed by atoms with Gasteiger partial charge in [0.05, 0.1) is 16.9 Å². The number of hydrogen-bond donors (Lipinski definition) is 1. The van der Waals surface area contributed by atoms with Gasteiger partial charge >= 0.3 is 0 Å². The van der Waals surface area contributed by atoms with Crippen molar-refractivity contribution in [3.63, 3.8) is 0 Å². The maximum atomic E-state index is 12.6. The van der Waals surface area contributed by atoms with Gasteiger partial charge in [0.15, 0.2) is 0 Å². The molecule has 0 aromatic heterocycles. The highest BCUT2D eigenvalue weighted by molar-refractivity contribution is 5.96. The smallest absolute Gasteiger partial charge is 0.269 e. The lowest BCUT2D eigenvalue weighted by Gasteiger charge is -2.59. The van der Waals surface area contributed by atoms with Crippen molar-refractivity contribution in [2.45, 2.75) is 44.6 Å².